The lowest BCUT2D eigenvalue weighted by molar-refractivity contribution is 0.180. The van der Waals surface area contributed by atoms with Crippen molar-refractivity contribution in [2.75, 3.05) is 13.1 Å². The number of guanidine groups is 1. The number of hydrogen-bond donors (Lipinski definition) is 3. The lowest BCUT2D eigenvalue weighted by Crippen LogP contribution is -2.39. The van der Waals surface area contributed by atoms with E-state index in [1.54, 1.807) is 11.3 Å². The summed E-state index contributed by atoms with van der Waals surface area (Å²) in [6.07, 6.45) is 2.41. The molecule has 0 saturated heterocycles. The Balaban J connectivity index is 0.00000450. The van der Waals surface area contributed by atoms with Crippen molar-refractivity contribution in [1.82, 2.24) is 15.6 Å². The van der Waals surface area contributed by atoms with Crippen LogP contribution in [-0.4, -0.2) is 35.2 Å². The summed E-state index contributed by atoms with van der Waals surface area (Å²) in [4.78, 5) is 10.2. The number of thiazole rings is 1. The Morgan fingerprint density at radius 3 is 2.47 bits per heavy atom. The van der Waals surface area contributed by atoms with E-state index < -0.39 is 6.10 Å². The second-order valence-corrected chi connectivity index (χ2v) is 8.85. The molecule has 0 spiro atoms. The SMILES string of the molecule is CCNC(=NCc1cnc(CC(C)C)s1)NCC(O)c1ccc(OC(C)C)cc1.I. The van der Waals surface area contributed by atoms with Crippen LogP contribution in [0.15, 0.2) is 35.5 Å². The molecule has 0 aliphatic heterocycles. The molecule has 6 nitrogen and oxygen atoms in total. The Morgan fingerprint density at radius 2 is 1.87 bits per heavy atom. The zero-order chi connectivity index (χ0) is 21.2. The maximum atomic E-state index is 10.5. The van der Waals surface area contributed by atoms with Gasteiger partial charge < -0.3 is 20.5 Å². The van der Waals surface area contributed by atoms with Crippen molar-refractivity contribution >= 4 is 41.3 Å². The number of aliphatic imine (C=N–C) groups is 1. The van der Waals surface area contributed by atoms with E-state index >= 15 is 0 Å². The Kier molecular flexibility index (Phi) is 12.3. The van der Waals surface area contributed by atoms with Crippen LogP contribution in [0.4, 0.5) is 0 Å². The van der Waals surface area contributed by atoms with Crippen LogP contribution in [0.2, 0.25) is 0 Å². The van der Waals surface area contributed by atoms with E-state index in [-0.39, 0.29) is 30.1 Å². The van der Waals surface area contributed by atoms with E-state index in [0.717, 1.165) is 34.2 Å². The minimum atomic E-state index is -0.631. The number of nitrogens with zero attached hydrogens (tertiary/aromatic N) is 2. The van der Waals surface area contributed by atoms with Gasteiger partial charge in [-0.15, -0.1) is 35.3 Å². The average molecular weight is 547 g/mol. The molecule has 1 unspecified atom stereocenters. The highest BCUT2D eigenvalue weighted by atomic mass is 127. The highest BCUT2D eigenvalue weighted by Crippen LogP contribution is 2.19. The maximum absolute atomic E-state index is 10.5. The van der Waals surface area contributed by atoms with Crippen LogP contribution < -0.4 is 15.4 Å². The number of halogens is 1. The zero-order valence-corrected chi connectivity index (χ0v) is 21.7. The smallest absolute Gasteiger partial charge is 0.191 e. The molecule has 1 aromatic carbocycles. The molecule has 2 aromatic rings. The number of aliphatic hydroxyl groups excluding tert-OH is 1. The molecule has 8 heteroatoms. The van der Waals surface area contributed by atoms with Gasteiger partial charge in [-0.2, -0.15) is 0 Å². The Hall–Kier alpha value is -1.39. The predicted octanol–water partition coefficient (Wildman–Crippen LogP) is 4.54. The van der Waals surface area contributed by atoms with Gasteiger partial charge in [-0.25, -0.2) is 9.98 Å². The summed E-state index contributed by atoms with van der Waals surface area (Å²) in [6, 6.07) is 7.55. The van der Waals surface area contributed by atoms with E-state index in [1.807, 2.05) is 51.2 Å². The summed E-state index contributed by atoms with van der Waals surface area (Å²) < 4.78 is 5.65. The third-order valence-corrected chi connectivity index (χ3v) is 5.03. The number of hydrogen-bond acceptors (Lipinski definition) is 5. The fraction of sp³-hybridized carbons (Fsp3) is 0.545. The zero-order valence-electron chi connectivity index (χ0n) is 18.5. The van der Waals surface area contributed by atoms with Crippen LogP contribution in [0.1, 0.15) is 56.2 Å². The van der Waals surface area contributed by atoms with Gasteiger partial charge in [0.15, 0.2) is 5.96 Å². The molecular weight excluding hydrogens is 511 g/mol. The van der Waals surface area contributed by atoms with E-state index in [2.05, 4.69) is 34.5 Å². The fourth-order valence-electron chi connectivity index (χ4n) is 2.72. The van der Waals surface area contributed by atoms with Gasteiger partial charge in [0.05, 0.1) is 23.8 Å². The first-order valence-corrected chi connectivity index (χ1v) is 11.1. The van der Waals surface area contributed by atoms with Gasteiger partial charge in [0.25, 0.3) is 0 Å². The van der Waals surface area contributed by atoms with Crippen LogP contribution in [0.25, 0.3) is 0 Å². The summed E-state index contributed by atoms with van der Waals surface area (Å²) in [5.41, 5.74) is 0.838. The van der Waals surface area contributed by atoms with Crippen molar-refractivity contribution in [2.24, 2.45) is 10.9 Å². The number of nitrogens with one attached hydrogen (secondary N) is 2. The first-order valence-electron chi connectivity index (χ1n) is 10.3. The highest BCUT2D eigenvalue weighted by Gasteiger charge is 2.10. The summed E-state index contributed by atoms with van der Waals surface area (Å²) in [5, 5.41) is 18.1. The fourth-order valence-corrected chi connectivity index (χ4v) is 3.77. The molecule has 1 atom stereocenters. The summed E-state index contributed by atoms with van der Waals surface area (Å²) >= 11 is 1.71. The number of ether oxygens (including phenoxy) is 1. The summed E-state index contributed by atoms with van der Waals surface area (Å²) in [5.74, 6) is 2.09. The molecule has 3 N–H and O–H groups in total. The molecule has 1 heterocycles. The molecule has 0 saturated carbocycles. The van der Waals surface area contributed by atoms with Gasteiger partial charge in [0.1, 0.15) is 5.75 Å². The second kappa shape index (κ2) is 13.8. The molecule has 0 aliphatic carbocycles. The molecule has 0 aliphatic rings. The van der Waals surface area contributed by atoms with Crippen molar-refractivity contribution in [3.05, 3.63) is 45.9 Å². The minimum absolute atomic E-state index is 0. The van der Waals surface area contributed by atoms with Crippen molar-refractivity contribution in [3.63, 3.8) is 0 Å². The van der Waals surface area contributed by atoms with E-state index in [9.17, 15) is 5.11 Å². The monoisotopic (exact) mass is 546 g/mol. The van der Waals surface area contributed by atoms with E-state index in [4.69, 9.17) is 4.74 Å². The molecular formula is C22H35IN4O2S. The van der Waals surface area contributed by atoms with Gasteiger partial charge in [-0.3, -0.25) is 0 Å². The topological polar surface area (TPSA) is 78.8 Å². The number of benzene rings is 1. The molecule has 168 valence electrons. The Labute approximate surface area is 201 Å². The van der Waals surface area contributed by atoms with Gasteiger partial charge in [0, 0.05) is 30.6 Å². The third-order valence-electron chi connectivity index (χ3n) is 4.02. The lowest BCUT2D eigenvalue weighted by Gasteiger charge is -2.16. The van der Waals surface area contributed by atoms with Gasteiger partial charge in [-0.05, 0) is 44.4 Å². The van der Waals surface area contributed by atoms with Gasteiger partial charge in [0.2, 0.25) is 0 Å². The predicted molar refractivity (Wildman–Crippen MR) is 136 cm³/mol. The standard InChI is InChI=1S/C22H34N4O2S.HI/c1-6-23-22(25-13-19-12-24-21(29-19)11-15(2)3)26-14-20(27)17-7-9-18(10-8-17)28-16(4)5;/h7-10,12,15-16,20,27H,6,11,13-14H2,1-5H3,(H2,23,25,26);1H. The largest absolute Gasteiger partial charge is 0.491 e. The minimum Gasteiger partial charge on any atom is -0.491 e. The van der Waals surface area contributed by atoms with Crippen LogP contribution in [0.5, 0.6) is 5.75 Å². The first-order chi connectivity index (χ1) is 13.9. The second-order valence-electron chi connectivity index (χ2n) is 7.65. The molecule has 30 heavy (non-hydrogen) atoms. The molecule has 2 rings (SSSR count). The third kappa shape index (κ3) is 9.61. The molecule has 0 amide bonds. The van der Waals surface area contributed by atoms with Gasteiger partial charge in [-0.1, -0.05) is 26.0 Å². The lowest BCUT2D eigenvalue weighted by atomic mass is 10.1. The highest BCUT2D eigenvalue weighted by molar-refractivity contribution is 14.0. The molecule has 0 bridgehead atoms. The van der Waals surface area contributed by atoms with Crippen molar-refractivity contribution in [1.29, 1.82) is 0 Å². The van der Waals surface area contributed by atoms with Crippen LogP contribution in [0, 0.1) is 5.92 Å². The quantitative estimate of drug-likeness (QED) is 0.232. The van der Waals surface area contributed by atoms with Crippen LogP contribution >= 0.6 is 35.3 Å². The summed E-state index contributed by atoms with van der Waals surface area (Å²) in [6.45, 7) is 12.1. The maximum Gasteiger partial charge on any atom is 0.191 e. The first kappa shape index (κ1) is 26.6. The summed E-state index contributed by atoms with van der Waals surface area (Å²) in [7, 11) is 0. The molecule has 1 aromatic heterocycles. The van der Waals surface area contributed by atoms with E-state index in [0.29, 0.717) is 25.0 Å². The van der Waals surface area contributed by atoms with E-state index in [1.165, 1.54) is 0 Å². The number of aliphatic hydroxyl groups is 1. The Bertz CT molecular complexity index is 763. The van der Waals surface area contributed by atoms with Gasteiger partial charge >= 0.3 is 0 Å². The average Bonchev–Trinajstić information content (AvgIpc) is 3.10. The van der Waals surface area contributed by atoms with Crippen molar-refractivity contribution in [3.8, 4) is 5.75 Å². The van der Waals surface area contributed by atoms with Crippen molar-refractivity contribution in [2.45, 2.75) is 59.8 Å². The van der Waals surface area contributed by atoms with Crippen molar-refractivity contribution < 1.29 is 9.84 Å². The molecule has 0 fully saturated rings. The number of aromatic nitrogens is 1. The molecule has 0 radical (unpaired) electrons. The number of rotatable bonds is 10. The van der Waals surface area contributed by atoms with Crippen LogP contribution in [0.3, 0.4) is 0 Å². The normalized spacial score (nSPS) is 12.6. The Morgan fingerprint density at radius 1 is 1.17 bits per heavy atom. The van der Waals surface area contributed by atoms with Crippen LogP contribution in [-0.2, 0) is 13.0 Å².